The number of Topliss-reactive ketones (excluding diaryl/α,β-unsaturated/α-hetero) is 1. The summed E-state index contributed by atoms with van der Waals surface area (Å²) in [4.78, 5) is 40.4. The van der Waals surface area contributed by atoms with Gasteiger partial charge in [0.15, 0.2) is 11.6 Å². The van der Waals surface area contributed by atoms with Crippen molar-refractivity contribution in [1.29, 1.82) is 0 Å². The van der Waals surface area contributed by atoms with Gasteiger partial charge in [0.05, 0.1) is 20.2 Å². The highest BCUT2D eigenvalue weighted by molar-refractivity contribution is 6.16. The monoisotopic (exact) mass is 463 g/mol. The molecule has 3 aromatic carbocycles. The lowest BCUT2D eigenvalue weighted by Gasteiger charge is -2.29. The summed E-state index contributed by atoms with van der Waals surface area (Å²) in [5.74, 6) is -0.0541. The first-order chi connectivity index (χ1) is 17.0. The van der Waals surface area contributed by atoms with E-state index in [9.17, 15) is 14.4 Å². The Morgan fingerprint density at radius 3 is 1.74 bits per heavy atom. The quantitative estimate of drug-likeness (QED) is 0.381. The molecule has 3 aromatic rings. The van der Waals surface area contributed by atoms with Crippen LogP contribution in [0.25, 0.3) is 12.2 Å². The molecule has 35 heavy (non-hydrogen) atoms. The third-order valence-electron chi connectivity index (χ3n) is 5.65. The molecule has 1 aliphatic rings. The number of hydrogen-bond acceptors (Lipinski definition) is 4. The first-order valence-corrected chi connectivity index (χ1v) is 11.2. The minimum atomic E-state index is -0.336. The topological polar surface area (TPSA) is 63.7 Å². The molecule has 5 nitrogen and oxygen atoms in total. The number of nitrogens with zero attached hydrogens (tertiary/aromatic N) is 1. The third kappa shape index (κ3) is 6.09. The Kier molecular flexibility index (Phi) is 7.48. The predicted octanol–water partition coefficient (Wildman–Crippen LogP) is 5.01. The van der Waals surface area contributed by atoms with Crippen molar-refractivity contribution in [3.05, 3.63) is 125 Å². The molecule has 1 heterocycles. The zero-order chi connectivity index (χ0) is 24.6. The average molecular weight is 464 g/mol. The van der Waals surface area contributed by atoms with Crippen LogP contribution < -0.4 is 4.74 Å². The van der Waals surface area contributed by atoms with Crippen molar-refractivity contribution in [2.24, 2.45) is 0 Å². The van der Waals surface area contributed by atoms with Crippen molar-refractivity contribution in [3.63, 3.8) is 0 Å². The van der Waals surface area contributed by atoms with Crippen LogP contribution in [-0.4, -0.2) is 42.6 Å². The van der Waals surface area contributed by atoms with Gasteiger partial charge in [-0.05, 0) is 53.6 Å². The number of allylic oxidation sites excluding steroid dienone is 1. The summed E-state index contributed by atoms with van der Waals surface area (Å²) in [5, 5.41) is 0. The van der Waals surface area contributed by atoms with E-state index in [0.717, 1.165) is 11.1 Å². The minimum absolute atomic E-state index is 0.0833. The highest BCUT2D eigenvalue weighted by atomic mass is 16.5. The summed E-state index contributed by atoms with van der Waals surface area (Å²) in [6.07, 6.45) is 6.16. The van der Waals surface area contributed by atoms with E-state index in [0.29, 0.717) is 22.5 Å². The maximum absolute atomic E-state index is 13.2. The Morgan fingerprint density at radius 1 is 0.743 bits per heavy atom. The Hall–Kier alpha value is -4.51. The van der Waals surface area contributed by atoms with Crippen LogP contribution in [0.4, 0.5) is 0 Å². The molecular weight excluding hydrogens is 438 g/mol. The van der Waals surface area contributed by atoms with Crippen LogP contribution in [0.15, 0.2) is 108 Å². The van der Waals surface area contributed by atoms with Crippen LogP contribution in [-0.2, 0) is 9.59 Å². The molecule has 0 unspecified atom stereocenters. The van der Waals surface area contributed by atoms with Gasteiger partial charge in [-0.15, -0.1) is 0 Å². The largest absolute Gasteiger partial charge is 0.497 e. The maximum Gasteiger partial charge on any atom is 0.247 e. The molecule has 1 aliphatic heterocycles. The summed E-state index contributed by atoms with van der Waals surface area (Å²) in [6.45, 7) is 0.333. The van der Waals surface area contributed by atoms with Gasteiger partial charge in [-0.1, -0.05) is 60.7 Å². The SMILES string of the molecule is COc1ccc(C(=O)/C=C/C(=O)N2C/C(=C\c3ccccc3)C(=O)/C(=C/c3ccccc3)C2)cc1. The zero-order valence-corrected chi connectivity index (χ0v) is 19.4. The number of benzene rings is 3. The lowest BCUT2D eigenvalue weighted by Crippen LogP contribution is -2.40. The smallest absolute Gasteiger partial charge is 0.247 e. The summed E-state index contributed by atoms with van der Waals surface area (Å²) < 4.78 is 5.11. The number of carbonyl (C=O) groups excluding carboxylic acids is 3. The summed E-state index contributed by atoms with van der Waals surface area (Å²) in [6, 6.07) is 25.8. The Bertz CT molecular complexity index is 1240. The van der Waals surface area contributed by atoms with Crippen molar-refractivity contribution in [2.45, 2.75) is 0 Å². The predicted molar refractivity (Wildman–Crippen MR) is 137 cm³/mol. The van der Waals surface area contributed by atoms with E-state index in [-0.39, 0.29) is 30.6 Å². The van der Waals surface area contributed by atoms with Gasteiger partial charge in [0.25, 0.3) is 0 Å². The fourth-order valence-corrected chi connectivity index (χ4v) is 3.80. The van der Waals surface area contributed by atoms with Gasteiger partial charge in [0.2, 0.25) is 5.91 Å². The van der Waals surface area contributed by atoms with Gasteiger partial charge in [-0.3, -0.25) is 14.4 Å². The van der Waals surface area contributed by atoms with E-state index >= 15 is 0 Å². The number of methoxy groups -OCH3 is 1. The molecule has 174 valence electrons. The van der Waals surface area contributed by atoms with E-state index in [4.69, 9.17) is 4.74 Å². The van der Waals surface area contributed by atoms with Gasteiger partial charge in [0.1, 0.15) is 5.75 Å². The molecule has 1 amide bonds. The molecule has 5 heteroatoms. The van der Waals surface area contributed by atoms with Crippen molar-refractivity contribution < 1.29 is 19.1 Å². The number of ether oxygens (including phenoxy) is 1. The number of hydrogen-bond donors (Lipinski definition) is 0. The summed E-state index contributed by atoms with van der Waals surface area (Å²) >= 11 is 0. The average Bonchev–Trinajstić information content (AvgIpc) is 2.90. The highest BCUT2D eigenvalue weighted by Gasteiger charge is 2.28. The molecule has 0 radical (unpaired) electrons. The molecule has 1 fully saturated rings. The maximum atomic E-state index is 13.2. The van der Waals surface area contributed by atoms with E-state index in [2.05, 4.69) is 0 Å². The number of ketones is 2. The molecule has 4 rings (SSSR count). The van der Waals surface area contributed by atoms with Crippen LogP contribution >= 0.6 is 0 Å². The normalized spacial score (nSPS) is 16.1. The first-order valence-electron chi connectivity index (χ1n) is 11.2. The number of amides is 1. The fourth-order valence-electron chi connectivity index (χ4n) is 3.80. The van der Waals surface area contributed by atoms with E-state index in [1.54, 1.807) is 36.3 Å². The fraction of sp³-hybridized carbons (Fsp3) is 0.100. The molecule has 1 saturated heterocycles. The minimum Gasteiger partial charge on any atom is -0.497 e. The molecule has 0 saturated carbocycles. The number of likely N-dealkylation sites (tertiary alicyclic amines) is 1. The van der Waals surface area contributed by atoms with Gasteiger partial charge in [-0.25, -0.2) is 0 Å². The molecule has 0 aliphatic carbocycles. The summed E-state index contributed by atoms with van der Waals surface area (Å²) in [7, 11) is 1.56. The lowest BCUT2D eigenvalue weighted by atomic mass is 9.94. The van der Waals surface area contributed by atoms with Gasteiger partial charge in [0, 0.05) is 22.8 Å². The van der Waals surface area contributed by atoms with Gasteiger partial charge >= 0.3 is 0 Å². The number of carbonyl (C=O) groups is 3. The van der Waals surface area contributed by atoms with Crippen LogP contribution in [0.1, 0.15) is 21.5 Å². The molecular formula is C30H25NO4. The first kappa shape index (κ1) is 23.6. The van der Waals surface area contributed by atoms with Crippen molar-refractivity contribution >= 4 is 29.6 Å². The Labute approximate surface area is 204 Å². The van der Waals surface area contributed by atoms with Crippen LogP contribution in [0.5, 0.6) is 5.75 Å². The molecule has 0 aromatic heterocycles. The second-order valence-electron chi connectivity index (χ2n) is 8.11. The van der Waals surface area contributed by atoms with Crippen molar-refractivity contribution in [3.8, 4) is 5.75 Å². The zero-order valence-electron chi connectivity index (χ0n) is 19.4. The standard InChI is InChI=1S/C30H25NO4/c1-35-27-14-12-24(13-15-27)28(32)16-17-29(33)31-20-25(18-22-8-4-2-5-9-22)30(34)26(21-31)19-23-10-6-3-7-11-23/h2-19H,20-21H2,1H3/b17-16+,25-18+,26-19+. The Balaban J connectivity index is 1.58. The Morgan fingerprint density at radius 2 is 1.26 bits per heavy atom. The van der Waals surface area contributed by atoms with E-state index < -0.39 is 0 Å². The van der Waals surface area contributed by atoms with Gasteiger partial charge < -0.3 is 9.64 Å². The second kappa shape index (κ2) is 11.1. The molecule has 0 atom stereocenters. The van der Waals surface area contributed by atoms with Crippen molar-refractivity contribution in [1.82, 2.24) is 4.90 Å². The summed E-state index contributed by atoms with van der Waals surface area (Å²) in [5.41, 5.74) is 3.27. The molecule has 0 N–H and O–H groups in total. The van der Waals surface area contributed by atoms with Crippen molar-refractivity contribution in [2.75, 3.05) is 20.2 Å². The van der Waals surface area contributed by atoms with E-state index in [1.807, 2.05) is 72.8 Å². The van der Waals surface area contributed by atoms with Crippen LogP contribution in [0, 0.1) is 0 Å². The molecule has 0 spiro atoms. The lowest BCUT2D eigenvalue weighted by molar-refractivity contribution is -0.126. The van der Waals surface area contributed by atoms with E-state index in [1.165, 1.54) is 12.2 Å². The molecule has 0 bridgehead atoms. The van der Waals surface area contributed by atoms with Crippen LogP contribution in [0.2, 0.25) is 0 Å². The highest BCUT2D eigenvalue weighted by Crippen LogP contribution is 2.22. The third-order valence-corrected chi connectivity index (χ3v) is 5.65. The van der Waals surface area contributed by atoms with Gasteiger partial charge in [-0.2, -0.15) is 0 Å². The number of rotatable bonds is 6. The van der Waals surface area contributed by atoms with Crippen LogP contribution in [0.3, 0.4) is 0 Å². The second-order valence-corrected chi connectivity index (χ2v) is 8.11. The number of piperidine rings is 1.